The number of thiophene rings is 1. The van der Waals surface area contributed by atoms with Crippen LogP contribution in [0.5, 0.6) is 5.75 Å². The van der Waals surface area contributed by atoms with Crippen LogP contribution in [0.3, 0.4) is 0 Å². The van der Waals surface area contributed by atoms with Crippen LogP contribution in [-0.4, -0.2) is 26.1 Å². The molecule has 1 heterocycles. The van der Waals surface area contributed by atoms with Gasteiger partial charge in [-0.3, -0.25) is 9.59 Å². The molecule has 0 aliphatic heterocycles. The van der Waals surface area contributed by atoms with Crippen molar-refractivity contribution < 1.29 is 19.1 Å². The molecule has 128 valence electrons. The first-order chi connectivity index (χ1) is 11.6. The number of aryl methyl sites for hydroxylation is 1. The second-order valence-corrected chi connectivity index (χ2v) is 6.29. The van der Waals surface area contributed by atoms with Gasteiger partial charge in [0.1, 0.15) is 5.75 Å². The van der Waals surface area contributed by atoms with Crippen LogP contribution in [0.15, 0.2) is 41.8 Å². The van der Waals surface area contributed by atoms with E-state index in [0.29, 0.717) is 12.8 Å². The molecule has 2 aromatic rings. The summed E-state index contributed by atoms with van der Waals surface area (Å²) in [5.41, 5.74) is 0.839. The monoisotopic (exact) mass is 347 g/mol. The summed E-state index contributed by atoms with van der Waals surface area (Å²) in [5, 5.41) is 4.91. The Labute approximate surface area is 145 Å². The maximum absolute atomic E-state index is 12.2. The maximum Gasteiger partial charge on any atom is 0.307 e. The van der Waals surface area contributed by atoms with Crippen molar-refractivity contribution in [1.29, 1.82) is 0 Å². The van der Waals surface area contributed by atoms with Crippen LogP contribution in [0.2, 0.25) is 0 Å². The highest BCUT2D eigenvalue weighted by Crippen LogP contribution is 2.21. The van der Waals surface area contributed by atoms with Gasteiger partial charge in [0.05, 0.1) is 26.7 Å². The van der Waals surface area contributed by atoms with Gasteiger partial charge in [0.15, 0.2) is 0 Å². The van der Waals surface area contributed by atoms with Crippen LogP contribution in [-0.2, 0) is 20.7 Å². The fourth-order valence-corrected chi connectivity index (χ4v) is 3.01. The van der Waals surface area contributed by atoms with E-state index in [1.165, 1.54) is 12.0 Å². The third kappa shape index (κ3) is 5.38. The topological polar surface area (TPSA) is 64.6 Å². The number of nitrogens with one attached hydrogen (secondary N) is 1. The lowest BCUT2D eigenvalue weighted by Crippen LogP contribution is -2.30. The Balaban J connectivity index is 2.01. The molecule has 1 amide bonds. The number of ether oxygens (including phenoxy) is 2. The van der Waals surface area contributed by atoms with Crippen LogP contribution in [0, 0.1) is 0 Å². The zero-order valence-electron chi connectivity index (χ0n) is 13.8. The van der Waals surface area contributed by atoms with E-state index in [1.807, 2.05) is 29.6 Å². The fraction of sp³-hybridized carbons (Fsp3) is 0.333. The molecule has 24 heavy (non-hydrogen) atoms. The molecule has 1 aromatic heterocycles. The minimum atomic E-state index is -0.417. The van der Waals surface area contributed by atoms with Crippen molar-refractivity contribution >= 4 is 23.2 Å². The first-order valence-electron chi connectivity index (χ1n) is 7.65. The molecule has 0 radical (unpaired) electrons. The molecule has 0 fully saturated rings. The standard InChI is InChI=1S/C18H21NO4S/c1-22-14-7-5-13(6-8-14)16(12-18(21)23-2)19-17(20)10-9-15-4-3-11-24-15/h3-8,11,16H,9-10,12H2,1-2H3,(H,19,20). The predicted octanol–water partition coefficient (Wildman–Crippen LogP) is 3.11. The normalized spacial score (nSPS) is 11.6. The molecule has 0 spiro atoms. The number of methoxy groups -OCH3 is 2. The lowest BCUT2D eigenvalue weighted by atomic mass is 10.0. The van der Waals surface area contributed by atoms with Crippen molar-refractivity contribution in [2.24, 2.45) is 0 Å². The zero-order valence-corrected chi connectivity index (χ0v) is 14.6. The molecular weight excluding hydrogens is 326 g/mol. The van der Waals surface area contributed by atoms with Crippen LogP contribution < -0.4 is 10.1 Å². The molecule has 1 aromatic carbocycles. The molecule has 0 aliphatic rings. The van der Waals surface area contributed by atoms with Gasteiger partial charge in [-0.2, -0.15) is 0 Å². The Morgan fingerprint density at radius 3 is 2.50 bits per heavy atom. The van der Waals surface area contributed by atoms with Gasteiger partial charge in [-0.05, 0) is 35.6 Å². The lowest BCUT2D eigenvalue weighted by molar-refractivity contribution is -0.141. The molecule has 0 bridgehead atoms. The SMILES string of the molecule is COC(=O)CC(NC(=O)CCc1cccs1)c1ccc(OC)cc1. The van der Waals surface area contributed by atoms with Gasteiger partial charge in [-0.1, -0.05) is 18.2 Å². The number of esters is 1. The van der Waals surface area contributed by atoms with E-state index >= 15 is 0 Å². The molecule has 1 atom stereocenters. The van der Waals surface area contributed by atoms with Gasteiger partial charge in [-0.25, -0.2) is 0 Å². The first-order valence-corrected chi connectivity index (χ1v) is 8.53. The van der Waals surface area contributed by atoms with Crippen LogP contribution >= 0.6 is 11.3 Å². The lowest BCUT2D eigenvalue weighted by Gasteiger charge is -2.18. The van der Waals surface area contributed by atoms with Gasteiger partial charge in [-0.15, -0.1) is 11.3 Å². The van der Waals surface area contributed by atoms with E-state index in [2.05, 4.69) is 5.32 Å². The molecule has 1 N–H and O–H groups in total. The summed E-state index contributed by atoms with van der Waals surface area (Å²) in [5.74, 6) is 0.266. The highest BCUT2D eigenvalue weighted by Gasteiger charge is 2.19. The molecular formula is C18H21NO4S. The summed E-state index contributed by atoms with van der Waals surface area (Å²) in [6.07, 6.45) is 1.17. The molecule has 6 heteroatoms. The smallest absolute Gasteiger partial charge is 0.307 e. The van der Waals surface area contributed by atoms with E-state index in [9.17, 15) is 9.59 Å². The summed E-state index contributed by atoms with van der Waals surface area (Å²) in [4.78, 5) is 25.0. The summed E-state index contributed by atoms with van der Waals surface area (Å²) in [6, 6.07) is 10.8. The van der Waals surface area contributed by atoms with Crippen molar-refractivity contribution in [3.8, 4) is 5.75 Å². The molecule has 0 saturated heterocycles. The van der Waals surface area contributed by atoms with Gasteiger partial charge in [0.25, 0.3) is 0 Å². The van der Waals surface area contributed by atoms with Crippen LogP contribution in [0.25, 0.3) is 0 Å². The number of amides is 1. The molecule has 0 aliphatic carbocycles. The summed E-state index contributed by atoms with van der Waals surface area (Å²) < 4.78 is 9.87. The number of carbonyl (C=O) groups is 2. The summed E-state index contributed by atoms with van der Waals surface area (Å²) in [7, 11) is 2.93. The number of carbonyl (C=O) groups excluding carboxylic acids is 2. The van der Waals surface area contributed by atoms with Crippen molar-refractivity contribution in [2.45, 2.75) is 25.3 Å². The van der Waals surface area contributed by atoms with Crippen molar-refractivity contribution in [3.05, 3.63) is 52.2 Å². The highest BCUT2D eigenvalue weighted by atomic mass is 32.1. The van der Waals surface area contributed by atoms with Gasteiger partial charge < -0.3 is 14.8 Å². The van der Waals surface area contributed by atoms with E-state index in [0.717, 1.165) is 11.3 Å². The quantitative estimate of drug-likeness (QED) is 0.745. The Bertz CT molecular complexity index is 652. The van der Waals surface area contributed by atoms with Crippen molar-refractivity contribution in [2.75, 3.05) is 14.2 Å². The van der Waals surface area contributed by atoms with Gasteiger partial charge in [0.2, 0.25) is 5.91 Å². The Morgan fingerprint density at radius 1 is 1.17 bits per heavy atom. The Morgan fingerprint density at radius 2 is 1.92 bits per heavy atom. The minimum absolute atomic E-state index is 0.0897. The van der Waals surface area contributed by atoms with Crippen LogP contribution in [0.4, 0.5) is 0 Å². The predicted molar refractivity (Wildman–Crippen MR) is 93.2 cm³/mol. The zero-order chi connectivity index (χ0) is 17.4. The average Bonchev–Trinajstić information content (AvgIpc) is 3.13. The van der Waals surface area contributed by atoms with E-state index in [-0.39, 0.29) is 18.3 Å². The largest absolute Gasteiger partial charge is 0.497 e. The third-order valence-corrected chi connectivity index (χ3v) is 4.57. The van der Waals surface area contributed by atoms with E-state index in [4.69, 9.17) is 9.47 Å². The summed E-state index contributed by atoms with van der Waals surface area (Å²) >= 11 is 1.63. The van der Waals surface area contributed by atoms with E-state index in [1.54, 1.807) is 30.6 Å². The summed E-state index contributed by atoms with van der Waals surface area (Å²) in [6.45, 7) is 0. The molecule has 1 unspecified atom stereocenters. The van der Waals surface area contributed by atoms with E-state index < -0.39 is 6.04 Å². The highest BCUT2D eigenvalue weighted by molar-refractivity contribution is 7.09. The maximum atomic E-state index is 12.2. The van der Waals surface area contributed by atoms with Gasteiger partial charge in [0, 0.05) is 11.3 Å². The Hall–Kier alpha value is -2.34. The fourth-order valence-electron chi connectivity index (χ4n) is 2.30. The number of hydrogen-bond donors (Lipinski definition) is 1. The molecule has 2 rings (SSSR count). The number of hydrogen-bond acceptors (Lipinski definition) is 5. The second-order valence-electron chi connectivity index (χ2n) is 5.25. The molecule has 5 nitrogen and oxygen atoms in total. The third-order valence-electron chi connectivity index (χ3n) is 3.63. The van der Waals surface area contributed by atoms with Crippen LogP contribution in [0.1, 0.15) is 29.3 Å². The number of rotatable bonds is 8. The van der Waals surface area contributed by atoms with Crippen molar-refractivity contribution in [3.63, 3.8) is 0 Å². The number of benzene rings is 1. The second kappa shape index (κ2) is 9.08. The van der Waals surface area contributed by atoms with Gasteiger partial charge >= 0.3 is 5.97 Å². The minimum Gasteiger partial charge on any atom is -0.497 e. The first kappa shape index (κ1) is 18.0. The Kier molecular flexibility index (Phi) is 6.81. The molecule has 0 saturated carbocycles. The average molecular weight is 347 g/mol. The van der Waals surface area contributed by atoms with Crippen molar-refractivity contribution in [1.82, 2.24) is 5.32 Å².